The lowest BCUT2D eigenvalue weighted by molar-refractivity contribution is 0.492. The van der Waals surface area contributed by atoms with Gasteiger partial charge >= 0.3 is 0 Å². The molecule has 1 aromatic rings. The average molecular weight is 263 g/mol. The second kappa shape index (κ2) is 5.98. The number of aromatic nitrogens is 2. The van der Waals surface area contributed by atoms with Crippen LogP contribution in [-0.2, 0) is 13.0 Å². The van der Waals surface area contributed by atoms with Crippen LogP contribution in [0.2, 0.25) is 0 Å². The molecular weight excluding hydrogens is 234 g/mol. The smallest absolute Gasteiger partial charge is 0.126 e. The van der Waals surface area contributed by atoms with Gasteiger partial charge in [-0.05, 0) is 31.1 Å². The molecule has 1 aromatic heterocycles. The van der Waals surface area contributed by atoms with E-state index in [0.29, 0.717) is 17.8 Å². The van der Waals surface area contributed by atoms with Gasteiger partial charge in [-0.3, -0.25) is 0 Å². The molecule has 1 saturated carbocycles. The normalized spacial score (nSPS) is 16.9. The Morgan fingerprint density at radius 1 is 1.16 bits per heavy atom. The van der Waals surface area contributed by atoms with Crippen LogP contribution in [0.5, 0.6) is 0 Å². The van der Waals surface area contributed by atoms with Crippen LogP contribution in [0.25, 0.3) is 0 Å². The number of nitrogens with two attached hydrogens (primary N) is 1. The van der Waals surface area contributed by atoms with E-state index in [2.05, 4.69) is 32.3 Å². The molecule has 1 aliphatic carbocycles. The SMILES string of the molecule is CC(C)Cc1nc(C2CCCC2)n(CC(C)C)c1N. The molecule has 1 heterocycles. The zero-order valence-corrected chi connectivity index (χ0v) is 12.9. The monoisotopic (exact) mass is 263 g/mol. The Morgan fingerprint density at radius 3 is 2.32 bits per heavy atom. The van der Waals surface area contributed by atoms with Gasteiger partial charge in [-0.15, -0.1) is 0 Å². The molecule has 0 aliphatic heterocycles. The van der Waals surface area contributed by atoms with Gasteiger partial charge in [0.1, 0.15) is 11.6 Å². The molecule has 108 valence electrons. The van der Waals surface area contributed by atoms with E-state index in [1.165, 1.54) is 31.5 Å². The van der Waals surface area contributed by atoms with Crippen molar-refractivity contribution in [1.82, 2.24) is 9.55 Å². The van der Waals surface area contributed by atoms with Crippen molar-refractivity contribution in [1.29, 1.82) is 0 Å². The molecule has 0 spiro atoms. The molecule has 3 heteroatoms. The Balaban J connectivity index is 2.32. The largest absolute Gasteiger partial charge is 0.384 e. The third-order valence-corrected chi connectivity index (χ3v) is 3.98. The maximum absolute atomic E-state index is 6.37. The average Bonchev–Trinajstić information content (AvgIpc) is 2.91. The summed E-state index contributed by atoms with van der Waals surface area (Å²) in [6.45, 7) is 9.97. The first-order valence-electron chi connectivity index (χ1n) is 7.83. The summed E-state index contributed by atoms with van der Waals surface area (Å²) in [6.07, 6.45) is 6.26. The highest BCUT2D eigenvalue weighted by molar-refractivity contribution is 5.39. The zero-order chi connectivity index (χ0) is 14.0. The van der Waals surface area contributed by atoms with E-state index in [9.17, 15) is 0 Å². The lowest BCUT2D eigenvalue weighted by Crippen LogP contribution is -2.13. The van der Waals surface area contributed by atoms with E-state index in [4.69, 9.17) is 10.7 Å². The number of anilines is 1. The molecule has 19 heavy (non-hydrogen) atoms. The molecule has 0 aromatic carbocycles. The van der Waals surface area contributed by atoms with E-state index >= 15 is 0 Å². The predicted molar refractivity (Wildman–Crippen MR) is 81.2 cm³/mol. The summed E-state index contributed by atoms with van der Waals surface area (Å²) in [5, 5.41) is 0. The van der Waals surface area contributed by atoms with Gasteiger partial charge in [0.25, 0.3) is 0 Å². The van der Waals surface area contributed by atoms with Crippen LogP contribution in [0.3, 0.4) is 0 Å². The maximum atomic E-state index is 6.37. The molecule has 3 nitrogen and oxygen atoms in total. The number of hydrogen-bond donors (Lipinski definition) is 1. The fourth-order valence-electron chi connectivity index (χ4n) is 3.12. The maximum Gasteiger partial charge on any atom is 0.126 e. The quantitative estimate of drug-likeness (QED) is 0.873. The topological polar surface area (TPSA) is 43.8 Å². The zero-order valence-electron chi connectivity index (χ0n) is 12.9. The van der Waals surface area contributed by atoms with Crippen LogP contribution in [0, 0.1) is 11.8 Å². The van der Waals surface area contributed by atoms with Crippen LogP contribution >= 0.6 is 0 Å². The first kappa shape index (κ1) is 14.4. The van der Waals surface area contributed by atoms with Gasteiger partial charge in [0.05, 0.1) is 5.69 Å². The number of imidazole rings is 1. The van der Waals surface area contributed by atoms with E-state index in [1.807, 2.05) is 0 Å². The Kier molecular flexibility index (Phi) is 4.54. The first-order chi connectivity index (χ1) is 8.99. The molecular formula is C16H29N3. The summed E-state index contributed by atoms with van der Waals surface area (Å²) in [5.41, 5.74) is 7.49. The Hall–Kier alpha value is -0.990. The Labute approximate surface area is 117 Å². The molecule has 0 amide bonds. The summed E-state index contributed by atoms with van der Waals surface area (Å²) in [6, 6.07) is 0. The van der Waals surface area contributed by atoms with Crippen molar-refractivity contribution >= 4 is 5.82 Å². The van der Waals surface area contributed by atoms with Crippen LogP contribution in [0.4, 0.5) is 5.82 Å². The van der Waals surface area contributed by atoms with Gasteiger partial charge in [0, 0.05) is 12.5 Å². The summed E-state index contributed by atoms with van der Waals surface area (Å²) in [7, 11) is 0. The van der Waals surface area contributed by atoms with Crippen LogP contribution in [0.15, 0.2) is 0 Å². The fourth-order valence-corrected chi connectivity index (χ4v) is 3.12. The van der Waals surface area contributed by atoms with E-state index < -0.39 is 0 Å². The van der Waals surface area contributed by atoms with Crippen molar-refractivity contribution in [2.24, 2.45) is 11.8 Å². The third kappa shape index (κ3) is 3.31. The van der Waals surface area contributed by atoms with Crippen LogP contribution in [0.1, 0.15) is 70.8 Å². The Morgan fingerprint density at radius 2 is 1.79 bits per heavy atom. The molecule has 2 N–H and O–H groups in total. The van der Waals surface area contributed by atoms with Crippen molar-refractivity contribution in [3.8, 4) is 0 Å². The van der Waals surface area contributed by atoms with Gasteiger partial charge in [-0.1, -0.05) is 40.5 Å². The van der Waals surface area contributed by atoms with Gasteiger partial charge in [0.15, 0.2) is 0 Å². The minimum Gasteiger partial charge on any atom is -0.384 e. The number of rotatable bonds is 5. The number of nitrogens with zero attached hydrogens (tertiary/aromatic N) is 2. The number of nitrogen functional groups attached to an aromatic ring is 1. The molecule has 1 aliphatic rings. The minimum atomic E-state index is 0.612. The van der Waals surface area contributed by atoms with Gasteiger partial charge < -0.3 is 10.3 Å². The second-order valence-electron chi connectivity index (χ2n) is 6.89. The lowest BCUT2D eigenvalue weighted by atomic mass is 10.1. The van der Waals surface area contributed by atoms with Crippen LogP contribution in [-0.4, -0.2) is 9.55 Å². The Bertz CT molecular complexity index is 412. The van der Waals surface area contributed by atoms with E-state index in [1.54, 1.807) is 0 Å². The molecule has 0 unspecified atom stereocenters. The predicted octanol–water partition coefficient (Wildman–Crippen LogP) is 3.98. The first-order valence-corrected chi connectivity index (χ1v) is 7.83. The molecule has 0 saturated heterocycles. The van der Waals surface area contributed by atoms with Crippen molar-refractivity contribution in [3.05, 3.63) is 11.5 Å². The third-order valence-electron chi connectivity index (χ3n) is 3.98. The van der Waals surface area contributed by atoms with Crippen molar-refractivity contribution in [2.45, 2.75) is 72.3 Å². The molecule has 1 fully saturated rings. The molecule has 0 atom stereocenters. The van der Waals surface area contributed by atoms with Gasteiger partial charge in [-0.2, -0.15) is 0 Å². The van der Waals surface area contributed by atoms with Gasteiger partial charge in [0.2, 0.25) is 0 Å². The van der Waals surface area contributed by atoms with Crippen molar-refractivity contribution in [2.75, 3.05) is 5.73 Å². The summed E-state index contributed by atoms with van der Waals surface area (Å²) in [4.78, 5) is 4.92. The number of hydrogen-bond acceptors (Lipinski definition) is 2. The minimum absolute atomic E-state index is 0.612. The fraction of sp³-hybridized carbons (Fsp3) is 0.812. The summed E-state index contributed by atoms with van der Waals surface area (Å²) < 4.78 is 2.30. The molecule has 0 radical (unpaired) electrons. The van der Waals surface area contributed by atoms with Crippen molar-refractivity contribution in [3.63, 3.8) is 0 Å². The summed E-state index contributed by atoms with van der Waals surface area (Å²) >= 11 is 0. The van der Waals surface area contributed by atoms with Gasteiger partial charge in [-0.25, -0.2) is 4.98 Å². The molecule has 0 bridgehead atoms. The summed E-state index contributed by atoms with van der Waals surface area (Å²) in [5.74, 6) is 4.05. The van der Waals surface area contributed by atoms with Crippen molar-refractivity contribution < 1.29 is 0 Å². The standard InChI is InChI=1S/C16H29N3/c1-11(2)9-14-15(17)19(10-12(3)4)16(18-14)13-7-5-6-8-13/h11-13H,5-10,17H2,1-4H3. The highest BCUT2D eigenvalue weighted by atomic mass is 15.1. The second-order valence-corrected chi connectivity index (χ2v) is 6.89. The highest BCUT2D eigenvalue weighted by Crippen LogP contribution is 2.35. The van der Waals surface area contributed by atoms with E-state index in [-0.39, 0.29) is 0 Å². The highest BCUT2D eigenvalue weighted by Gasteiger charge is 2.25. The van der Waals surface area contributed by atoms with Crippen LogP contribution < -0.4 is 5.73 Å². The molecule has 2 rings (SSSR count). The lowest BCUT2D eigenvalue weighted by Gasteiger charge is -2.15. The van der Waals surface area contributed by atoms with E-state index in [0.717, 1.165) is 24.5 Å².